The average molecular weight is 350 g/mol. The number of thioether (sulfide) groups is 1. The maximum Gasteiger partial charge on any atom is 0.305 e. The average Bonchev–Trinajstić information content (AvgIpc) is 2.84. The Morgan fingerprint density at radius 1 is 1.25 bits per heavy atom. The number of carboxylic acids is 1. The van der Waals surface area contributed by atoms with Crippen molar-refractivity contribution in [2.45, 2.75) is 49.8 Å². The van der Waals surface area contributed by atoms with Gasteiger partial charge in [0.25, 0.3) is 0 Å². The second-order valence-electron chi connectivity index (χ2n) is 6.06. The van der Waals surface area contributed by atoms with Crippen molar-refractivity contribution in [2.75, 3.05) is 4.90 Å². The van der Waals surface area contributed by atoms with Crippen LogP contribution in [0.5, 0.6) is 0 Å². The number of benzene rings is 1. The van der Waals surface area contributed by atoms with Crippen LogP contribution in [0.15, 0.2) is 29.3 Å². The Hall–Kier alpha value is -1.89. The number of carbonyl (C=O) groups excluding carboxylic acids is 1. The highest BCUT2D eigenvalue weighted by atomic mass is 32.2. The normalized spacial score (nSPS) is 23.9. The van der Waals surface area contributed by atoms with Crippen LogP contribution in [0.3, 0.4) is 0 Å². The van der Waals surface area contributed by atoms with Gasteiger partial charge in [-0.3, -0.25) is 19.5 Å². The van der Waals surface area contributed by atoms with Gasteiger partial charge in [0.1, 0.15) is 11.1 Å². The highest BCUT2D eigenvalue weighted by Gasteiger charge is 2.40. The van der Waals surface area contributed by atoms with Crippen LogP contribution in [0.25, 0.3) is 0 Å². The van der Waals surface area contributed by atoms with E-state index in [9.17, 15) is 14.0 Å². The number of carbonyl (C=O) groups is 2. The lowest BCUT2D eigenvalue weighted by molar-refractivity contribution is -0.138. The molecular formula is C17H19FN2O3S. The largest absolute Gasteiger partial charge is 0.481 e. The number of carboxylic acid groups (broad SMARTS) is 1. The van der Waals surface area contributed by atoms with Crippen molar-refractivity contribution in [3.63, 3.8) is 0 Å². The molecule has 24 heavy (non-hydrogen) atoms. The third kappa shape index (κ3) is 3.77. The third-order valence-electron chi connectivity index (χ3n) is 4.25. The minimum Gasteiger partial charge on any atom is -0.481 e. The van der Waals surface area contributed by atoms with Crippen LogP contribution in [-0.4, -0.2) is 33.4 Å². The van der Waals surface area contributed by atoms with Gasteiger partial charge in [-0.25, -0.2) is 4.39 Å². The summed E-state index contributed by atoms with van der Waals surface area (Å²) in [6, 6.07) is 5.78. The Morgan fingerprint density at radius 2 is 1.92 bits per heavy atom. The molecule has 1 atom stereocenters. The fourth-order valence-corrected chi connectivity index (χ4v) is 4.24. The second-order valence-corrected chi connectivity index (χ2v) is 7.23. The van der Waals surface area contributed by atoms with Crippen molar-refractivity contribution in [1.82, 2.24) is 0 Å². The summed E-state index contributed by atoms with van der Waals surface area (Å²) in [6.45, 7) is 0. The van der Waals surface area contributed by atoms with Gasteiger partial charge in [0.15, 0.2) is 5.17 Å². The molecule has 0 radical (unpaired) electrons. The van der Waals surface area contributed by atoms with E-state index >= 15 is 0 Å². The summed E-state index contributed by atoms with van der Waals surface area (Å²) in [7, 11) is 0. The molecular weight excluding hydrogens is 331 g/mol. The minimum absolute atomic E-state index is 0.167. The lowest BCUT2D eigenvalue weighted by atomic mass is 9.96. The summed E-state index contributed by atoms with van der Waals surface area (Å²) in [5, 5.41) is 8.87. The van der Waals surface area contributed by atoms with Crippen molar-refractivity contribution in [3.05, 3.63) is 30.1 Å². The predicted octanol–water partition coefficient (Wildman–Crippen LogP) is 3.44. The zero-order valence-electron chi connectivity index (χ0n) is 13.2. The molecule has 1 aliphatic carbocycles. The Morgan fingerprint density at radius 3 is 2.54 bits per heavy atom. The third-order valence-corrected chi connectivity index (χ3v) is 5.40. The van der Waals surface area contributed by atoms with E-state index in [1.165, 1.54) is 47.3 Å². The summed E-state index contributed by atoms with van der Waals surface area (Å²) < 4.78 is 13.2. The molecule has 0 aromatic heterocycles. The fourth-order valence-electron chi connectivity index (χ4n) is 3.04. The van der Waals surface area contributed by atoms with Gasteiger partial charge in [-0.2, -0.15) is 0 Å². The first-order valence-corrected chi connectivity index (χ1v) is 8.98. The molecule has 7 heteroatoms. The van der Waals surface area contributed by atoms with E-state index in [2.05, 4.69) is 0 Å². The van der Waals surface area contributed by atoms with Gasteiger partial charge in [0.2, 0.25) is 5.91 Å². The fraction of sp³-hybridized carbons (Fsp3) is 0.471. The van der Waals surface area contributed by atoms with Gasteiger partial charge in [0.05, 0.1) is 18.2 Å². The van der Waals surface area contributed by atoms with Gasteiger partial charge in [-0.05, 0) is 37.1 Å². The minimum atomic E-state index is -1.01. The van der Waals surface area contributed by atoms with E-state index in [0.29, 0.717) is 10.9 Å². The number of aliphatic carboxylic acids is 1. The number of aliphatic imine (C=N–C) groups is 1. The zero-order chi connectivity index (χ0) is 17.1. The maximum absolute atomic E-state index is 13.2. The first-order chi connectivity index (χ1) is 11.5. The number of halogens is 1. The number of hydrogen-bond acceptors (Lipinski definition) is 4. The first-order valence-electron chi connectivity index (χ1n) is 8.10. The number of anilines is 1. The quantitative estimate of drug-likeness (QED) is 0.903. The number of nitrogens with zero attached hydrogens (tertiary/aromatic N) is 2. The molecule has 5 nitrogen and oxygen atoms in total. The Balaban J connectivity index is 1.90. The molecule has 1 heterocycles. The van der Waals surface area contributed by atoms with E-state index in [1.54, 1.807) is 0 Å². The number of amidine groups is 1. The Labute approximate surface area is 143 Å². The van der Waals surface area contributed by atoms with Crippen LogP contribution in [0, 0.1) is 5.82 Å². The van der Waals surface area contributed by atoms with Crippen LogP contribution < -0.4 is 4.90 Å². The highest BCUT2D eigenvalue weighted by Crippen LogP contribution is 2.35. The van der Waals surface area contributed by atoms with Gasteiger partial charge >= 0.3 is 5.97 Å². The monoisotopic (exact) mass is 350 g/mol. The molecule has 1 saturated carbocycles. The summed E-state index contributed by atoms with van der Waals surface area (Å²) in [5.74, 6) is -1.70. The summed E-state index contributed by atoms with van der Waals surface area (Å²) in [4.78, 5) is 29.8. The summed E-state index contributed by atoms with van der Waals surface area (Å²) in [6.07, 6.45) is 5.17. The van der Waals surface area contributed by atoms with Gasteiger partial charge in [-0.1, -0.05) is 31.0 Å². The van der Waals surface area contributed by atoms with Gasteiger partial charge < -0.3 is 5.11 Å². The van der Waals surface area contributed by atoms with Crippen LogP contribution in [0.2, 0.25) is 0 Å². The molecule has 2 fully saturated rings. The Bertz CT molecular complexity index is 656. The predicted molar refractivity (Wildman–Crippen MR) is 91.8 cm³/mol. The SMILES string of the molecule is O=C(O)CC1SC(=NC2CCCCC2)N(c2ccc(F)cc2)C1=O. The van der Waals surface area contributed by atoms with Crippen molar-refractivity contribution in [1.29, 1.82) is 0 Å². The van der Waals surface area contributed by atoms with Crippen molar-refractivity contribution in [2.24, 2.45) is 4.99 Å². The van der Waals surface area contributed by atoms with Crippen LogP contribution >= 0.6 is 11.8 Å². The lowest BCUT2D eigenvalue weighted by Gasteiger charge is -2.21. The van der Waals surface area contributed by atoms with E-state index < -0.39 is 11.2 Å². The second kappa shape index (κ2) is 7.34. The number of hydrogen-bond donors (Lipinski definition) is 1. The van der Waals surface area contributed by atoms with Gasteiger partial charge in [-0.15, -0.1) is 0 Å². The van der Waals surface area contributed by atoms with Crippen LogP contribution in [0.1, 0.15) is 38.5 Å². The molecule has 1 aromatic carbocycles. The molecule has 1 N–H and O–H groups in total. The summed E-state index contributed by atoms with van der Waals surface area (Å²) >= 11 is 1.20. The topological polar surface area (TPSA) is 70.0 Å². The molecule has 1 aromatic rings. The molecule has 1 saturated heterocycles. The van der Waals surface area contributed by atoms with Crippen molar-refractivity contribution in [3.8, 4) is 0 Å². The van der Waals surface area contributed by atoms with Gasteiger partial charge in [0, 0.05) is 0 Å². The Kier molecular flexibility index (Phi) is 5.18. The number of amides is 1. The standard InChI is InChI=1S/C17H19FN2O3S/c18-11-6-8-13(9-7-11)20-16(23)14(10-15(21)22)24-17(20)19-12-4-2-1-3-5-12/h6-9,12,14H,1-5,10H2,(H,21,22). The van der Waals surface area contributed by atoms with E-state index in [4.69, 9.17) is 10.1 Å². The first kappa shape index (κ1) is 17.0. The molecule has 1 unspecified atom stereocenters. The van der Waals surface area contributed by atoms with E-state index in [0.717, 1.165) is 25.7 Å². The van der Waals surface area contributed by atoms with E-state index in [1.807, 2.05) is 0 Å². The lowest BCUT2D eigenvalue weighted by Crippen LogP contribution is -2.33. The molecule has 0 spiro atoms. The smallest absolute Gasteiger partial charge is 0.305 e. The number of rotatable bonds is 4. The van der Waals surface area contributed by atoms with Crippen LogP contribution in [-0.2, 0) is 9.59 Å². The van der Waals surface area contributed by atoms with Crippen molar-refractivity contribution >= 4 is 34.5 Å². The summed E-state index contributed by atoms with van der Waals surface area (Å²) in [5.41, 5.74) is 0.524. The maximum atomic E-state index is 13.2. The van der Waals surface area contributed by atoms with Crippen LogP contribution in [0.4, 0.5) is 10.1 Å². The molecule has 1 aliphatic heterocycles. The highest BCUT2D eigenvalue weighted by molar-refractivity contribution is 8.16. The molecule has 1 amide bonds. The molecule has 0 bridgehead atoms. The molecule has 128 valence electrons. The van der Waals surface area contributed by atoms with E-state index in [-0.39, 0.29) is 24.2 Å². The molecule has 3 rings (SSSR count). The van der Waals surface area contributed by atoms with Crippen molar-refractivity contribution < 1.29 is 19.1 Å². The molecule has 2 aliphatic rings. The zero-order valence-corrected chi connectivity index (χ0v) is 14.0.